The van der Waals surface area contributed by atoms with Crippen LogP contribution in [0.2, 0.25) is 0 Å². The molecule has 7 heteroatoms. The third-order valence-electron chi connectivity index (χ3n) is 5.82. The number of nitrogens with zero attached hydrogens (tertiary/aromatic N) is 2. The first-order chi connectivity index (χ1) is 13.7. The normalized spacial score (nSPS) is 19.0. The molecule has 1 aromatic carbocycles. The van der Waals surface area contributed by atoms with Crippen molar-refractivity contribution in [2.75, 3.05) is 25.1 Å². The molecule has 0 N–H and O–H groups in total. The van der Waals surface area contributed by atoms with Crippen LogP contribution in [-0.4, -0.2) is 37.3 Å². The minimum absolute atomic E-state index is 0.0388. The van der Waals surface area contributed by atoms with Crippen LogP contribution in [0.25, 0.3) is 10.2 Å². The summed E-state index contributed by atoms with van der Waals surface area (Å²) in [6, 6.07) is 10.1. The average molecular weight is 415 g/mol. The molecule has 0 bridgehead atoms. The van der Waals surface area contributed by atoms with Crippen molar-refractivity contribution < 1.29 is 14.3 Å². The van der Waals surface area contributed by atoms with Crippen LogP contribution >= 0.6 is 22.7 Å². The van der Waals surface area contributed by atoms with Crippen LogP contribution in [-0.2, 0) is 14.9 Å². The summed E-state index contributed by atoms with van der Waals surface area (Å²) in [6.07, 6.45) is 3.94. The molecule has 28 heavy (non-hydrogen) atoms. The number of carbonyl (C=O) groups excluding carboxylic acids is 1. The minimum Gasteiger partial charge on any atom is -0.494 e. The van der Waals surface area contributed by atoms with E-state index in [0.717, 1.165) is 51.7 Å². The lowest BCUT2D eigenvalue weighted by atomic mass is 9.84. The highest BCUT2D eigenvalue weighted by atomic mass is 32.1. The van der Waals surface area contributed by atoms with Crippen molar-refractivity contribution >= 4 is 44.0 Å². The highest BCUT2D eigenvalue weighted by Gasteiger charge is 2.47. The molecule has 3 heterocycles. The van der Waals surface area contributed by atoms with Gasteiger partial charge in [0.2, 0.25) is 0 Å². The second kappa shape index (κ2) is 7.04. The third-order valence-corrected chi connectivity index (χ3v) is 7.98. The maximum Gasteiger partial charge on any atom is 0.317 e. The summed E-state index contributed by atoms with van der Waals surface area (Å²) < 4.78 is 12.5. The van der Waals surface area contributed by atoms with E-state index in [2.05, 4.69) is 22.4 Å². The van der Waals surface area contributed by atoms with Crippen LogP contribution in [0.1, 0.15) is 30.6 Å². The number of hydrogen-bond donors (Lipinski definition) is 0. The second-order valence-electron chi connectivity index (χ2n) is 7.50. The van der Waals surface area contributed by atoms with Crippen molar-refractivity contribution in [1.82, 2.24) is 4.98 Å². The minimum atomic E-state index is -0.419. The number of benzene rings is 1. The number of anilines is 1. The Hall–Kier alpha value is -2.12. The Morgan fingerprint density at radius 3 is 2.75 bits per heavy atom. The lowest BCUT2D eigenvalue weighted by Gasteiger charge is -2.40. The standard InChI is InChI=1S/C21H22N2O3S2/c1-25-15-6-4-7-16-18(15)22-20(28-16)23-12-14(13-23)26-19(24)21(9-2-3-10-21)17-8-5-11-27-17/h4-8,11,14H,2-3,9-10,12-13H2,1H3. The fourth-order valence-corrected chi connectivity index (χ4v) is 6.20. The van der Waals surface area contributed by atoms with Gasteiger partial charge in [-0.15, -0.1) is 11.3 Å². The Labute approximate surface area is 171 Å². The Morgan fingerprint density at radius 2 is 2.04 bits per heavy atom. The number of methoxy groups -OCH3 is 1. The van der Waals surface area contributed by atoms with Gasteiger partial charge in [-0.3, -0.25) is 4.79 Å². The van der Waals surface area contributed by atoms with Gasteiger partial charge in [-0.25, -0.2) is 4.98 Å². The van der Waals surface area contributed by atoms with Crippen LogP contribution in [0.5, 0.6) is 5.75 Å². The number of aromatic nitrogens is 1. The number of carbonyl (C=O) groups is 1. The molecule has 3 aromatic rings. The molecule has 2 aromatic heterocycles. The highest BCUT2D eigenvalue weighted by Crippen LogP contribution is 2.45. The van der Waals surface area contributed by atoms with Crippen molar-refractivity contribution in [3.8, 4) is 5.75 Å². The first kappa shape index (κ1) is 17.9. The molecule has 1 aliphatic carbocycles. The van der Waals surface area contributed by atoms with Gasteiger partial charge in [-0.1, -0.05) is 36.3 Å². The van der Waals surface area contributed by atoms with E-state index in [9.17, 15) is 4.79 Å². The van der Waals surface area contributed by atoms with E-state index in [1.54, 1.807) is 29.8 Å². The van der Waals surface area contributed by atoms with E-state index in [0.29, 0.717) is 13.1 Å². The quantitative estimate of drug-likeness (QED) is 0.571. The van der Waals surface area contributed by atoms with Gasteiger partial charge in [0.25, 0.3) is 0 Å². The molecule has 0 radical (unpaired) electrons. The summed E-state index contributed by atoms with van der Waals surface area (Å²) in [5.41, 5.74) is 0.478. The first-order valence-corrected chi connectivity index (χ1v) is 11.3. The molecule has 0 atom stereocenters. The van der Waals surface area contributed by atoms with Crippen molar-refractivity contribution in [3.05, 3.63) is 40.6 Å². The van der Waals surface area contributed by atoms with E-state index in [4.69, 9.17) is 14.5 Å². The number of hydrogen-bond acceptors (Lipinski definition) is 7. The lowest BCUT2D eigenvalue weighted by Crippen LogP contribution is -2.54. The number of fused-ring (bicyclic) bond motifs is 1. The number of thiazole rings is 1. The summed E-state index contributed by atoms with van der Waals surface area (Å²) in [6.45, 7) is 1.41. The molecule has 2 aliphatic rings. The first-order valence-electron chi connectivity index (χ1n) is 9.63. The van der Waals surface area contributed by atoms with E-state index in [1.165, 1.54) is 0 Å². The molecule has 1 aliphatic heterocycles. The van der Waals surface area contributed by atoms with Gasteiger partial charge in [0, 0.05) is 4.88 Å². The molecule has 5 rings (SSSR count). The SMILES string of the molecule is COc1cccc2sc(N3CC(OC(=O)C4(c5cccs5)CCCC4)C3)nc12. The number of para-hydroxylation sites is 1. The summed E-state index contributed by atoms with van der Waals surface area (Å²) in [5, 5.41) is 3.01. The molecule has 1 saturated carbocycles. The van der Waals surface area contributed by atoms with Crippen LogP contribution < -0.4 is 9.64 Å². The number of ether oxygens (including phenoxy) is 2. The topological polar surface area (TPSA) is 51.7 Å². The molecular formula is C21H22N2O3S2. The monoisotopic (exact) mass is 414 g/mol. The van der Waals surface area contributed by atoms with Gasteiger partial charge in [0.15, 0.2) is 5.13 Å². The van der Waals surface area contributed by atoms with Crippen molar-refractivity contribution in [2.24, 2.45) is 0 Å². The highest BCUT2D eigenvalue weighted by molar-refractivity contribution is 7.22. The predicted molar refractivity (Wildman–Crippen MR) is 113 cm³/mol. The fourth-order valence-electron chi connectivity index (χ4n) is 4.23. The Kier molecular flexibility index (Phi) is 4.51. The molecular weight excluding hydrogens is 392 g/mol. The summed E-state index contributed by atoms with van der Waals surface area (Å²) in [7, 11) is 1.67. The Morgan fingerprint density at radius 1 is 1.21 bits per heavy atom. The van der Waals surface area contributed by atoms with E-state index in [-0.39, 0.29) is 12.1 Å². The van der Waals surface area contributed by atoms with Crippen LogP contribution in [0, 0.1) is 0 Å². The molecule has 0 amide bonds. The maximum absolute atomic E-state index is 13.1. The molecule has 0 spiro atoms. The second-order valence-corrected chi connectivity index (χ2v) is 9.46. The molecule has 146 valence electrons. The number of rotatable bonds is 5. The van der Waals surface area contributed by atoms with Crippen molar-refractivity contribution in [2.45, 2.75) is 37.2 Å². The summed E-state index contributed by atoms with van der Waals surface area (Å²) in [5.74, 6) is 0.755. The smallest absolute Gasteiger partial charge is 0.317 e. The van der Waals surface area contributed by atoms with E-state index < -0.39 is 5.41 Å². The molecule has 1 saturated heterocycles. The average Bonchev–Trinajstić information content (AvgIpc) is 3.43. The zero-order chi connectivity index (χ0) is 19.1. The summed E-state index contributed by atoms with van der Waals surface area (Å²) in [4.78, 5) is 21.1. The van der Waals surface area contributed by atoms with Gasteiger partial charge in [-0.05, 0) is 36.4 Å². The fraction of sp³-hybridized carbons (Fsp3) is 0.429. The van der Waals surface area contributed by atoms with Gasteiger partial charge in [0.1, 0.15) is 22.8 Å². The van der Waals surface area contributed by atoms with Gasteiger partial charge in [0.05, 0.1) is 24.9 Å². The largest absolute Gasteiger partial charge is 0.494 e. The zero-order valence-corrected chi connectivity index (χ0v) is 17.4. The van der Waals surface area contributed by atoms with Gasteiger partial charge >= 0.3 is 5.97 Å². The maximum atomic E-state index is 13.1. The molecule has 2 fully saturated rings. The van der Waals surface area contributed by atoms with Crippen LogP contribution in [0.4, 0.5) is 5.13 Å². The number of esters is 1. The summed E-state index contributed by atoms with van der Waals surface area (Å²) >= 11 is 3.32. The van der Waals surface area contributed by atoms with Crippen LogP contribution in [0.15, 0.2) is 35.7 Å². The van der Waals surface area contributed by atoms with Crippen molar-refractivity contribution in [3.63, 3.8) is 0 Å². The zero-order valence-electron chi connectivity index (χ0n) is 15.7. The molecule has 0 unspecified atom stereocenters. The van der Waals surface area contributed by atoms with Crippen molar-refractivity contribution in [1.29, 1.82) is 0 Å². The van der Waals surface area contributed by atoms with E-state index in [1.807, 2.05) is 18.2 Å². The number of thiophene rings is 1. The third kappa shape index (κ3) is 2.88. The van der Waals surface area contributed by atoms with Gasteiger partial charge in [-0.2, -0.15) is 0 Å². The van der Waals surface area contributed by atoms with Gasteiger partial charge < -0.3 is 14.4 Å². The molecule has 5 nitrogen and oxygen atoms in total. The Bertz CT molecular complexity index is 986. The van der Waals surface area contributed by atoms with E-state index >= 15 is 0 Å². The predicted octanol–water partition coefficient (Wildman–Crippen LogP) is 4.61. The lowest BCUT2D eigenvalue weighted by molar-refractivity contribution is -0.157. The Balaban J connectivity index is 1.27. The van der Waals surface area contributed by atoms with Crippen LogP contribution in [0.3, 0.4) is 0 Å².